The van der Waals surface area contributed by atoms with Gasteiger partial charge in [-0.05, 0) is 37.3 Å². The SMILES string of the molecule is COc1ccc(OC)c(CC(=O)N(C)CCOc2ccc(C)cc2)c1. The Bertz CT molecular complexity index is 697. The lowest BCUT2D eigenvalue weighted by molar-refractivity contribution is -0.129. The van der Waals surface area contributed by atoms with Gasteiger partial charge in [0.2, 0.25) is 5.91 Å². The third kappa shape index (κ3) is 5.41. The van der Waals surface area contributed by atoms with Gasteiger partial charge >= 0.3 is 0 Å². The van der Waals surface area contributed by atoms with Crippen LogP contribution in [0.15, 0.2) is 42.5 Å². The van der Waals surface area contributed by atoms with Gasteiger partial charge in [0.25, 0.3) is 0 Å². The number of aryl methyl sites for hydroxylation is 1. The van der Waals surface area contributed by atoms with Gasteiger partial charge in [-0.1, -0.05) is 17.7 Å². The van der Waals surface area contributed by atoms with Crippen molar-refractivity contribution in [3.05, 3.63) is 53.6 Å². The summed E-state index contributed by atoms with van der Waals surface area (Å²) in [4.78, 5) is 14.1. The van der Waals surface area contributed by atoms with Crippen molar-refractivity contribution >= 4 is 5.91 Å². The average molecular weight is 343 g/mol. The van der Waals surface area contributed by atoms with E-state index < -0.39 is 0 Å². The highest BCUT2D eigenvalue weighted by Gasteiger charge is 2.14. The Morgan fingerprint density at radius 2 is 1.68 bits per heavy atom. The van der Waals surface area contributed by atoms with Crippen molar-refractivity contribution in [1.82, 2.24) is 4.90 Å². The normalized spacial score (nSPS) is 10.2. The summed E-state index contributed by atoms with van der Waals surface area (Å²) in [5.41, 5.74) is 1.99. The largest absolute Gasteiger partial charge is 0.497 e. The first kappa shape index (κ1) is 18.6. The highest BCUT2D eigenvalue weighted by molar-refractivity contribution is 5.79. The Labute approximate surface area is 149 Å². The summed E-state index contributed by atoms with van der Waals surface area (Å²) >= 11 is 0. The minimum atomic E-state index is -0.000871. The summed E-state index contributed by atoms with van der Waals surface area (Å²) in [7, 11) is 4.96. The molecular formula is C20H25NO4. The van der Waals surface area contributed by atoms with E-state index in [4.69, 9.17) is 14.2 Å². The fourth-order valence-electron chi connectivity index (χ4n) is 2.38. The van der Waals surface area contributed by atoms with E-state index in [0.29, 0.717) is 24.7 Å². The van der Waals surface area contributed by atoms with E-state index in [1.165, 1.54) is 5.56 Å². The molecule has 0 aliphatic rings. The Balaban J connectivity index is 1.88. The lowest BCUT2D eigenvalue weighted by atomic mass is 10.1. The molecule has 0 saturated heterocycles. The van der Waals surface area contributed by atoms with Crippen LogP contribution in [-0.4, -0.2) is 45.2 Å². The van der Waals surface area contributed by atoms with E-state index in [2.05, 4.69) is 0 Å². The molecule has 5 nitrogen and oxygen atoms in total. The number of carbonyl (C=O) groups excluding carboxylic acids is 1. The second-order valence-corrected chi connectivity index (χ2v) is 5.83. The molecule has 0 aliphatic carbocycles. The molecule has 2 aromatic carbocycles. The van der Waals surface area contributed by atoms with E-state index in [1.54, 1.807) is 26.2 Å². The third-order valence-corrected chi connectivity index (χ3v) is 3.97. The Morgan fingerprint density at radius 1 is 1.00 bits per heavy atom. The highest BCUT2D eigenvalue weighted by Crippen LogP contribution is 2.24. The molecular weight excluding hydrogens is 318 g/mol. The fourth-order valence-corrected chi connectivity index (χ4v) is 2.38. The fraction of sp³-hybridized carbons (Fsp3) is 0.350. The van der Waals surface area contributed by atoms with Gasteiger partial charge in [-0.3, -0.25) is 4.79 Å². The van der Waals surface area contributed by atoms with Crippen molar-refractivity contribution in [2.75, 3.05) is 34.4 Å². The second-order valence-electron chi connectivity index (χ2n) is 5.83. The standard InChI is InChI=1S/C20H25NO4/c1-15-5-7-17(8-6-15)25-12-11-21(2)20(22)14-16-13-18(23-3)9-10-19(16)24-4/h5-10,13H,11-12,14H2,1-4H3. The molecule has 0 N–H and O–H groups in total. The predicted octanol–water partition coefficient (Wildman–Crippen LogP) is 3.09. The van der Waals surface area contributed by atoms with Gasteiger partial charge in [0.05, 0.1) is 27.2 Å². The Hall–Kier alpha value is -2.69. The number of amides is 1. The van der Waals surface area contributed by atoms with E-state index in [1.807, 2.05) is 49.4 Å². The van der Waals surface area contributed by atoms with Gasteiger partial charge < -0.3 is 19.1 Å². The van der Waals surface area contributed by atoms with Crippen LogP contribution in [0.4, 0.5) is 0 Å². The number of rotatable bonds is 8. The molecule has 0 spiro atoms. The lowest BCUT2D eigenvalue weighted by Gasteiger charge is -2.18. The number of benzene rings is 2. The monoisotopic (exact) mass is 343 g/mol. The van der Waals surface area contributed by atoms with E-state index in [0.717, 1.165) is 11.3 Å². The minimum absolute atomic E-state index is 0.000871. The topological polar surface area (TPSA) is 48.0 Å². The van der Waals surface area contributed by atoms with Crippen LogP contribution in [0.25, 0.3) is 0 Å². The van der Waals surface area contributed by atoms with Crippen LogP contribution < -0.4 is 14.2 Å². The highest BCUT2D eigenvalue weighted by atomic mass is 16.5. The molecule has 2 rings (SSSR count). The maximum atomic E-state index is 12.4. The average Bonchev–Trinajstić information content (AvgIpc) is 2.63. The molecule has 0 bridgehead atoms. The van der Waals surface area contributed by atoms with Crippen molar-refractivity contribution < 1.29 is 19.0 Å². The second kappa shape index (κ2) is 8.97. The molecule has 25 heavy (non-hydrogen) atoms. The summed E-state index contributed by atoms with van der Waals surface area (Å²) in [6.45, 7) is 2.99. The van der Waals surface area contributed by atoms with Gasteiger partial charge in [0, 0.05) is 12.6 Å². The van der Waals surface area contributed by atoms with E-state index in [9.17, 15) is 4.79 Å². The molecule has 5 heteroatoms. The summed E-state index contributed by atoms with van der Waals surface area (Å²) in [6.07, 6.45) is 0.251. The maximum Gasteiger partial charge on any atom is 0.226 e. The van der Waals surface area contributed by atoms with Crippen LogP contribution in [0.1, 0.15) is 11.1 Å². The van der Waals surface area contributed by atoms with Crippen LogP contribution >= 0.6 is 0 Å². The molecule has 0 atom stereocenters. The van der Waals surface area contributed by atoms with Crippen LogP contribution in [0, 0.1) is 6.92 Å². The van der Waals surface area contributed by atoms with Crippen molar-refractivity contribution in [3.63, 3.8) is 0 Å². The van der Waals surface area contributed by atoms with Crippen LogP contribution in [0.3, 0.4) is 0 Å². The van der Waals surface area contributed by atoms with E-state index >= 15 is 0 Å². The third-order valence-electron chi connectivity index (χ3n) is 3.97. The number of carbonyl (C=O) groups is 1. The van der Waals surface area contributed by atoms with Crippen molar-refractivity contribution in [3.8, 4) is 17.2 Å². The van der Waals surface area contributed by atoms with Crippen LogP contribution in [-0.2, 0) is 11.2 Å². The van der Waals surface area contributed by atoms with Gasteiger partial charge in [-0.25, -0.2) is 0 Å². The zero-order valence-electron chi connectivity index (χ0n) is 15.2. The molecule has 0 aromatic heterocycles. The molecule has 0 saturated carbocycles. The maximum absolute atomic E-state index is 12.4. The zero-order valence-corrected chi connectivity index (χ0v) is 15.2. The first-order valence-electron chi connectivity index (χ1n) is 8.18. The van der Waals surface area contributed by atoms with Crippen LogP contribution in [0.2, 0.25) is 0 Å². The molecule has 0 unspecified atom stereocenters. The van der Waals surface area contributed by atoms with Gasteiger partial charge in [0.15, 0.2) is 0 Å². The lowest BCUT2D eigenvalue weighted by Crippen LogP contribution is -2.32. The minimum Gasteiger partial charge on any atom is -0.497 e. The number of likely N-dealkylation sites (N-methyl/N-ethyl adjacent to an activating group) is 1. The Kier molecular flexibility index (Phi) is 6.69. The van der Waals surface area contributed by atoms with Gasteiger partial charge in [-0.2, -0.15) is 0 Å². The van der Waals surface area contributed by atoms with Gasteiger partial charge in [0.1, 0.15) is 23.9 Å². The molecule has 1 amide bonds. The van der Waals surface area contributed by atoms with E-state index in [-0.39, 0.29) is 12.3 Å². The summed E-state index contributed by atoms with van der Waals surface area (Å²) in [5, 5.41) is 0. The van der Waals surface area contributed by atoms with Crippen molar-refractivity contribution in [2.45, 2.75) is 13.3 Å². The van der Waals surface area contributed by atoms with Crippen LogP contribution in [0.5, 0.6) is 17.2 Å². The first-order chi connectivity index (χ1) is 12.0. The molecule has 134 valence electrons. The smallest absolute Gasteiger partial charge is 0.226 e. The molecule has 0 aliphatic heterocycles. The molecule has 2 aromatic rings. The summed E-state index contributed by atoms with van der Waals surface area (Å²) in [5.74, 6) is 2.19. The van der Waals surface area contributed by atoms with Crippen molar-refractivity contribution in [2.24, 2.45) is 0 Å². The number of hydrogen-bond acceptors (Lipinski definition) is 4. The molecule has 0 fully saturated rings. The molecule has 0 heterocycles. The Morgan fingerprint density at radius 3 is 2.32 bits per heavy atom. The number of nitrogens with zero attached hydrogens (tertiary/aromatic N) is 1. The number of hydrogen-bond donors (Lipinski definition) is 0. The molecule has 0 radical (unpaired) electrons. The predicted molar refractivity (Wildman–Crippen MR) is 97.6 cm³/mol. The quantitative estimate of drug-likeness (QED) is 0.739. The number of methoxy groups -OCH3 is 2. The zero-order chi connectivity index (χ0) is 18.2. The summed E-state index contributed by atoms with van der Waals surface area (Å²) in [6, 6.07) is 13.3. The number of ether oxygens (including phenoxy) is 3. The van der Waals surface area contributed by atoms with Gasteiger partial charge in [-0.15, -0.1) is 0 Å². The van der Waals surface area contributed by atoms with Crippen molar-refractivity contribution in [1.29, 1.82) is 0 Å². The summed E-state index contributed by atoms with van der Waals surface area (Å²) < 4.78 is 16.2. The first-order valence-corrected chi connectivity index (χ1v) is 8.18.